The molecule has 5 nitrogen and oxygen atoms in total. The van der Waals surface area contributed by atoms with Crippen LogP contribution in [0.1, 0.15) is 11.1 Å². The molecule has 0 atom stereocenters. The summed E-state index contributed by atoms with van der Waals surface area (Å²) in [5.74, 6) is 0.564. The number of pyridine rings is 2. The van der Waals surface area contributed by atoms with E-state index in [1.807, 2.05) is 18.5 Å². The number of imidazole rings is 1. The molecule has 0 spiro atoms. The number of methoxy groups -OCH3 is 1. The molecule has 0 fully saturated rings. The summed E-state index contributed by atoms with van der Waals surface area (Å²) in [5.41, 5.74) is 5.08. The van der Waals surface area contributed by atoms with Gasteiger partial charge in [-0.3, -0.25) is 0 Å². The number of benzene rings is 1. The number of ether oxygens (including phenoxy) is 1. The first-order chi connectivity index (χ1) is 11.2. The molecule has 3 heterocycles. The highest BCUT2D eigenvalue weighted by molar-refractivity contribution is 6.00. The maximum atomic E-state index is 5.18. The lowest BCUT2D eigenvalue weighted by molar-refractivity contribution is 0.399. The Labute approximate surface area is 133 Å². The van der Waals surface area contributed by atoms with Crippen LogP contribution in [-0.4, -0.2) is 26.6 Å². The Hall–Kier alpha value is -2.95. The zero-order chi connectivity index (χ0) is 15.8. The van der Waals surface area contributed by atoms with Crippen LogP contribution in [-0.2, 0) is 6.54 Å². The lowest BCUT2D eigenvalue weighted by Crippen LogP contribution is -1.99. The van der Waals surface area contributed by atoms with E-state index in [2.05, 4.69) is 50.7 Å². The average molecular weight is 304 g/mol. The summed E-state index contributed by atoms with van der Waals surface area (Å²) in [7, 11) is 1.61. The normalized spacial score (nSPS) is 11.2. The van der Waals surface area contributed by atoms with Crippen molar-refractivity contribution in [3.63, 3.8) is 0 Å². The number of aryl methyl sites for hydroxylation is 1. The van der Waals surface area contributed by atoms with Crippen LogP contribution in [0.3, 0.4) is 0 Å². The van der Waals surface area contributed by atoms with Gasteiger partial charge in [-0.25, -0.2) is 9.97 Å². The third kappa shape index (κ3) is 2.40. The molecule has 3 aromatic heterocycles. The second kappa shape index (κ2) is 5.35. The SMILES string of the molecule is COc1ccc2c(ncc3ncn(Cc4ccc(C)cc4)c32)n1. The van der Waals surface area contributed by atoms with Gasteiger partial charge in [0.1, 0.15) is 5.52 Å². The number of rotatable bonds is 3. The zero-order valence-electron chi connectivity index (χ0n) is 13.0. The average Bonchev–Trinajstić information content (AvgIpc) is 2.99. The summed E-state index contributed by atoms with van der Waals surface area (Å²) in [5, 5.41) is 0.980. The number of aromatic nitrogens is 4. The van der Waals surface area contributed by atoms with Gasteiger partial charge in [-0.05, 0) is 18.6 Å². The van der Waals surface area contributed by atoms with Crippen molar-refractivity contribution in [2.45, 2.75) is 13.5 Å². The second-order valence-corrected chi connectivity index (χ2v) is 5.57. The Morgan fingerprint density at radius 1 is 1.04 bits per heavy atom. The van der Waals surface area contributed by atoms with E-state index in [1.54, 1.807) is 13.3 Å². The van der Waals surface area contributed by atoms with Gasteiger partial charge in [-0.2, -0.15) is 4.98 Å². The molecule has 4 aromatic rings. The van der Waals surface area contributed by atoms with Crippen molar-refractivity contribution < 1.29 is 4.74 Å². The van der Waals surface area contributed by atoms with Gasteiger partial charge >= 0.3 is 0 Å². The Morgan fingerprint density at radius 3 is 2.65 bits per heavy atom. The molecule has 0 amide bonds. The van der Waals surface area contributed by atoms with Crippen LogP contribution in [0, 0.1) is 6.92 Å². The van der Waals surface area contributed by atoms with E-state index < -0.39 is 0 Å². The van der Waals surface area contributed by atoms with Crippen molar-refractivity contribution in [2.24, 2.45) is 0 Å². The zero-order valence-corrected chi connectivity index (χ0v) is 13.0. The Morgan fingerprint density at radius 2 is 1.87 bits per heavy atom. The molecule has 0 N–H and O–H groups in total. The minimum Gasteiger partial charge on any atom is -0.481 e. The first kappa shape index (κ1) is 13.7. The third-order valence-electron chi connectivity index (χ3n) is 3.96. The van der Waals surface area contributed by atoms with Crippen LogP contribution in [0.5, 0.6) is 5.88 Å². The number of fused-ring (bicyclic) bond motifs is 3. The van der Waals surface area contributed by atoms with Gasteiger partial charge in [0.25, 0.3) is 0 Å². The molecule has 0 aliphatic rings. The van der Waals surface area contributed by atoms with Gasteiger partial charge in [-0.15, -0.1) is 0 Å². The second-order valence-electron chi connectivity index (χ2n) is 5.57. The maximum Gasteiger partial charge on any atom is 0.215 e. The van der Waals surface area contributed by atoms with Gasteiger partial charge in [-0.1, -0.05) is 29.8 Å². The third-order valence-corrected chi connectivity index (χ3v) is 3.96. The van der Waals surface area contributed by atoms with E-state index in [0.29, 0.717) is 11.5 Å². The van der Waals surface area contributed by atoms with Gasteiger partial charge in [0.2, 0.25) is 5.88 Å². The van der Waals surface area contributed by atoms with Gasteiger partial charge in [0.05, 0.1) is 25.2 Å². The molecular weight excluding hydrogens is 288 g/mol. The van der Waals surface area contributed by atoms with E-state index in [4.69, 9.17) is 4.74 Å². The van der Waals surface area contributed by atoms with Crippen molar-refractivity contribution in [3.05, 3.63) is 60.0 Å². The molecule has 0 saturated heterocycles. The summed E-state index contributed by atoms with van der Waals surface area (Å²) < 4.78 is 7.32. The summed E-state index contributed by atoms with van der Waals surface area (Å²) >= 11 is 0. The molecule has 0 aliphatic heterocycles. The monoisotopic (exact) mass is 304 g/mol. The van der Waals surface area contributed by atoms with Crippen LogP contribution in [0.2, 0.25) is 0 Å². The Kier molecular flexibility index (Phi) is 3.19. The standard InChI is InChI=1S/C18H16N4O/c1-12-3-5-13(6-4-12)10-22-11-20-15-9-19-18-14(17(15)22)7-8-16(21-18)23-2/h3-9,11H,10H2,1-2H3. The van der Waals surface area contributed by atoms with E-state index in [9.17, 15) is 0 Å². The Balaban J connectivity index is 1.86. The highest BCUT2D eigenvalue weighted by Crippen LogP contribution is 2.24. The van der Waals surface area contributed by atoms with E-state index in [0.717, 1.165) is 23.0 Å². The number of nitrogens with zero attached hydrogens (tertiary/aromatic N) is 4. The summed E-state index contributed by atoms with van der Waals surface area (Å²) in [4.78, 5) is 13.3. The van der Waals surface area contributed by atoms with Crippen LogP contribution in [0.25, 0.3) is 22.1 Å². The molecular formula is C18H16N4O. The highest BCUT2D eigenvalue weighted by atomic mass is 16.5. The van der Waals surface area contributed by atoms with Crippen molar-refractivity contribution in [3.8, 4) is 5.88 Å². The fourth-order valence-corrected chi connectivity index (χ4v) is 2.75. The van der Waals surface area contributed by atoms with Crippen molar-refractivity contribution >= 4 is 22.1 Å². The van der Waals surface area contributed by atoms with Crippen LogP contribution >= 0.6 is 0 Å². The van der Waals surface area contributed by atoms with Crippen LogP contribution < -0.4 is 4.74 Å². The molecule has 0 aliphatic carbocycles. The molecule has 0 radical (unpaired) electrons. The molecule has 0 saturated carbocycles. The first-order valence-corrected chi connectivity index (χ1v) is 7.45. The molecule has 4 rings (SSSR count). The maximum absolute atomic E-state index is 5.18. The summed E-state index contributed by atoms with van der Waals surface area (Å²) in [6.45, 7) is 2.86. The smallest absolute Gasteiger partial charge is 0.215 e. The van der Waals surface area contributed by atoms with Crippen molar-refractivity contribution in [1.82, 2.24) is 19.5 Å². The summed E-state index contributed by atoms with van der Waals surface area (Å²) in [6, 6.07) is 12.4. The lowest BCUT2D eigenvalue weighted by Gasteiger charge is -2.07. The number of hydrogen-bond donors (Lipinski definition) is 0. The van der Waals surface area contributed by atoms with Gasteiger partial charge < -0.3 is 9.30 Å². The lowest BCUT2D eigenvalue weighted by atomic mass is 10.1. The quantitative estimate of drug-likeness (QED) is 0.582. The predicted octanol–water partition coefficient (Wildman–Crippen LogP) is 3.34. The van der Waals surface area contributed by atoms with Crippen molar-refractivity contribution in [1.29, 1.82) is 0 Å². The molecule has 0 unspecified atom stereocenters. The fourth-order valence-electron chi connectivity index (χ4n) is 2.75. The van der Waals surface area contributed by atoms with Gasteiger partial charge in [0, 0.05) is 18.0 Å². The van der Waals surface area contributed by atoms with Crippen LogP contribution in [0.15, 0.2) is 48.9 Å². The Bertz CT molecular complexity index is 989. The highest BCUT2D eigenvalue weighted by Gasteiger charge is 2.10. The molecule has 5 heteroatoms. The number of hydrogen-bond acceptors (Lipinski definition) is 4. The molecule has 114 valence electrons. The van der Waals surface area contributed by atoms with Gasteiger partial charge in [0.15, 0.2) is 5.65 Å². The van der Waals surface area contributed by atoms with E-state index in [1.165, 1.54) is 11.1 Å². The molecule has 0 bridgehead atoms. The summed E-state index contributed by atoms with van der Waals surface area (Å²) in [6.07, 6.45) is 3.62. The van der Waals surface area contributed by atoms with Crippen molar-refractivity contribution in [2.75, 3.05) is 7.11 Å². The fraction of sp³-hybridized carbons (Fsp3) is 0.167. The predicted molar refractivity (Wildman–Crippen MR) is 89.7 cm³/mol. The minimum atomic E-state index is 0.564. The van der Waals surface area contributed by atoms with E-state index >= 15 is 0 Å². The largest absolute Gasteiger partial charge is 0.481 e. The topological polar surface area (TPSA) is 52.8 Å². The van der Waals surface area contributed by atoms with Crippen LogP contribution in [0.4, 0.5) is 0 Å². The molecule has 1 aromatic carbocycles. The minimum absolute atomic E-state index is 0.564. The van der Waals surface area contributed by atoms with E-state index in [-0.39, 0.29) is 0 Å². The first-order valence-electron chi connectivity index (χ1n) is 7.45. The molecule has 23 heavy (non-hydrogen) atoms.